The minimum Gasteiger partial charge on any atom is -0.319 e. The van der Waals surface area contributed by atoms with E-state index in [1.54, 1.807) is 0 Å². The third-order valence-electron chi connectivity index (χ3n) is 3.42. The zero-order valence-corrected chi connectivity index (χ0v) is 9.96. The minimum atomic E-state index is 0.645. The molecule has 1 saturated carbocycles. The van der Waals surface area contributed by atoms with Crippen LogP contribution in [0.15, 0.2) is 24.3 Å². The van der Waals surface area contributed by atoms with E-state index in [2.05, 4.69) is 43.4 Å². The molecule has 0 bridgehead atoms. The lowest BCUT2D eigenvalue weighted by Crippen LogP contribution is -2.10. The third-order valence-corrected chi connectivity index (χ3v) is 3.42. The molecule has 0 radical (unpaired) electrons. The Balaban J connectivity index is 2.00. The molecule has 0 aromatic heterocycles. The molecule has 0 saturated heterocycles. The molecular formula is C14H21N. The van der Waals surface area contributed by atoms with Crippen molar-refractivity contribution in [1.29, 1.82) is 0 Å². The fraction of sp³-hybridized carbons (Fsp3) is 0.571. The quantitative estimate of drug-likeness (QED) is 0.792. The first-order valence-electron chi connectivity index (χ1n) is 5.97. The fourth-order valence-electron chi connectivity index (χ4n) is 2.27. The topological polar surface area (TPSA) is 12.0 Å². The Bertz CT molecular complexity index is 313. The highest BCUT2D eigenvalue weighted by atomic mass is 14.8. The summed E-state index contributed by atoms with van der Waals surface area (Å²) in [5.41, 5.74) is 2.98. The van der Waals surface area contributed by atoms with Gasteiger partial charge in [0.15, 0.2) is 0 Å². The largest absolute Gasteiger partial charge is 0.319 e. The van der Waals surface area contributed by atoms with Crippen LogP contribution in [-0.2, 0) is 0 Å². The highest BCUT2D eigenvalue weighted by Crippen LogP contribution is 2.46. The van der Waals surface area contributed by atoms with E-state index in [0.717, 1.165) is 18.4 Å². The number of benzene rings is 1. The molecule has 1 aromatic carbocycles. The van der Waals surface area contributed by atoms with E-state index in [9.17, 15) is 0 Å². The fourth-order valence-corrected chi connectivity index (χ4v) is 2.27. The maximum atomic E-state index is 3.26. The lowest BCUT2D eigenvalue weighted by Gasteiger charge is -2.06. The van der Waals surface area contributed by atoms with Crippen LogP contribution in [-0.4, -0.2) is 13.6 Å². The molecule has 2 rings (SSSR count). The van der Waals surface area contributed by atoms with Crippen molar-refractivity contribution in [2.75, 3.05) is 13.6 Å². The van der Waals surface area contributed by atoms with E-state index in [0.29, 0.717) is 5.92 Å². The molecule has 82 valence electrons. The van der Waals surface area contributed by atoms with Gasteiger partial charge in [0.25, 0.3) is 0 Å². The molecule has 2 atom stereocenters. The predicted molar refractivity (Wildman–Crippen MR) is 65.3 cm³/mol. The molecule has 0 spiro atoms. The molecule has 0 heterocycles. The SMILES string of the molecule is CNC[C@H]1C[C@H]1c1ccc(C(C)C)cc1. The second-order valence-corrected chi connectivity index (χ2v) is 4.98. The van der Waals surface area contributed by atoms with Crippen LogP contribution in [0.1, 0.15) is 43.2 Å². The van der Waals surface area contributed by atoms with Crippen LogP contribution in [0.25, 0.3) is 0 Å². The summed E-state index contributed by atoms with van der Waals surface area (Å²) >= 11 is 0. The summed E-state index contributed by atoms with van der Waals surface area (Å²) in [6.07, 6.45) is 1.36. The van der Waals surface area contributed by atoms with Gasteiger partial charge in [-0.05, 0) is 48.9 Å². The maximum Gasteiger partial charge on any atom is -0.00175 e. The number of hydrogen-bond donors (Lipinski definition) is 1. The number of rotatable bonds is 4. The highest BCUT2D eigenvalue weighted by Gasteiger charge is 2.37. The van der Waals surface area contributed by atoms with Crippen LogP contribution in [0, 0.1) is 5.92 Å². The zero-order chi connectivity index (χ0) is 10.8. The van der Waals surface area contributed by atoms with Gasteiger partial charge in [-0.3, -0.25) is 0 Å². The average molecular weight is 203 g/mol. The van der Waals surface area contributed by atoms with Gasteiger partial charge in [0.2, 0.25) is 0 Å². The molecule has 1 nitrogen and oxygen atoms in total. The van der Waals surface area contributed by atoms with Crippen molar-refractivity contribution in [2.45, 2.75) is 32.1 Å². The van der Waals surface area contributed by atoms with Gasteiger partial charge < -0.3 is 5.32 Å². The van der Waals surface area contributed by atoms with Gasteiger partial charge in [0, 0.05) is 0 Å². The number of hydrogen-bond acceptors (Lipinski definition) is 1. The monoisotopic (exact) mass is 203 g/mol. The number of nitrogens with one attached hydrogen (secondary N) is 1. The smallest absolute Gasteiger partial charge is 0.00175 e. The molecule has 1 N–H and O–H groups in total. The van der Waals surface area contributed by atoms with Crippen LogP contribution in [0.2, 0.25) is 0 Å². The molecule has 1 aliphatic carbocycles. The second-order valence-electron chi connectivity index (χ2n) is 4.98. The molecule has 0 aliphatic heterocycles. The van der Waals surface area contributed by atoms with Gasteiger partial charge in [-0.1, -0.05) is 38.1 Å². The summed E-state index contributed by atoms with van der Waals surface area (Å²) in [5.74, 6) is 2.34. The zero-order valence-electron chi connectivity index (χ0n) is 9.96. The van der Waals surface area contributed by atoms with E-state index in [4.69, 9.17) is 0 Å². The van der Waals surface area contributed by atoms with Gasteiger partial charge >= 0.3 is 0 Å². The van der Waals surface area contributed by atoms with Gasteiger partial charge in [0.1, 0.15) is 0 Å². The lowest BCUT2D eigenvalue weighted by molar-refractivity contribution is 0.698. The molecule has 0 unspecified atom stereocenters. The first-order valence-corrected chi connectivity index (χ1v) is 5.97. The molecular weight excluding hydrogens is 182 g/mol. The van der Waals surface area contributed by atoms with Gasteiger partial charge in [-0.25, -0.2) is 0 Å². The molecule has 1 aromatic rings. The van der Waals surface area contributed by atoms with Gasteiger partial charge in [0.05, 0.1) is 0 Å². The van der Waals surface area contributed by atoms with Crippen molar-refractivity contribution < 1.29 is 0 Å². The van der Waals surface area contributed by atoms with Crippen LogP contribution in [0.5, 0.6) is 0 Å². The first-order chi connectivity index (χ1) is 7.22. The van der Waals surface area contributed by atoms with Gasteiger partial charge in [-0.15, -0.1) is 0 Å². The highest BCUT2D eigenvalue weighted by molar-refractivity contribution is 5.30. The van der Waals surface area contributed by atoms with Crippen LogP contribution in [0.4, 0.5) is 0 Å². The van der Waals surface area contributed by atoms with Crippen molar-refractivity contribution in [1.82, 2.24) is 5.32 Å². The molecule has 1 aliphatic rings. The van der Waals surface area contributed by atoms with Crippen molar-refractivity contribution in [3.63, 3.8) is 0 Å². The van der Waals surface area contributed by atoms with E-state index in [1.165, 1.54) is 17.5 Å². The maximum absolute atomic E-state index is 3.26. The Morgan fingerprint density at radius 3 is 2.47 bits per heavy atom. The van der Waals surface area contributed by atoms with Gasteiger partial charge in [-0.2, -0.15) is 0 Å². The lowest BCUT2D eigenvalue weighted by atomic mass is 10.00. The van der Waals surface area contributed by atoms with Crippen molar-refractivity contribution in [3.05, 3.63) is 35.4 Å². The average Bonchev–Trinajstić information content (AvgIpc) is 2.98. The summed E-state index contributed by atoms with van der Waals surface area (Å²) < 4.78 is 0. The Labute approximate surface area is 92.9 Å². The van der Waals surface area contributed by atoms with Crippen LogP contribution >= 0.6 is 0 Å². The first kappa shape index (κ1) is 10.7. The predicted octanol–water partition coefficient (Wildman–Crippen LogP) is 3.13. The van der Waals surface area contributed by atoms with Crippen molar-refractivity contribution >= 4 is 0 Å². The van der Waals surface area contributed by atoms with E-state index >= 15 is 0 Å². The van der Waals surface area contributed by atoms with Crippen LogP contribution < -0.4 is 5.32 Å². The Hall–Kier alpha value is -0.820. The van der Waals surface area contributed by atoms with Crippen molar-refractivity contribution in [2.24, 2.45) is 5.92 Å². The standard InChI is InChI=1S/C14H21N/c1-10(2)11-4-6-12(7-5-11)14-8-13(14)9-15-3/h4-7,10,13-15H,8-9H2,1-3H3/t13-,14+/m1/s1. The Morgan fingerprint density at radius 1 is 1.27 bits per heavy atom. The van der Waals surface area contributed by atoms with E-state index < -0.39 is 0 Å². The molecule has 1 fully saturated rings. The molecule has 1 heteroatoms. The summed E-state index contributed by atoms with van der Waals surface area (Å²) in [7, 11) is 2.04. The molecule has 15 heavy (non-hydrogen) atoms. The summed E-state index contributed by atoms with van der Waals surface area (Å²) in [6.45, 7) is 5.66. The van der Waals surface area contributed by atoms with E-state index in [-0.39, 0.29) is 0 Å². The third kappa shape index (κ3) is 2.40. The Morgan fingerprint density at radius 2 is 1.93 bits per heavy atom. The summed E-state index contributed by atoms with van der Waals surface area (Å²) in [4.78, 5) is 0. The van der Waals surface area contributed by atoms with Crippen LogP contribution in [0.3, 0.4) is 0 Å². The minimum absolute atomic E-state index is 0.645. The second kappa shape index (κ2) is 4.36. The molecule has 0 amide bonds. The van der Waals surface area contributed by atoms with E-state index in [1.807, 2.05) is 7.05 Å². The normalized spacial score (nSPS) is 24.5. The Kier molecular flexibility index (Phi) is 3.11. The summed E-state index contributed by atoms with van der Waals surface area (Å²) in [5, 5.41) is 3.26. The summed E-state index contributed by atoms with van der Waals surface area (Å²) in [6, 6.07) is 9.20. The van der Waals surface area contributed by atoms with Crippen molar-refractivity contribution in [3.8, 4) is 0 Å².